The Kier molecular flexibility index (Phi) is 4.29. The van der Waals surface area contributed by atoms with E-state index in [0.29, 0.717) is 4.90 Å². The Morgan fingerprint density at radius 1 is 1.20 bits per heavy atom. The monoisotopic (exact) mass is 293 g/mol. The first-order chi connectivity index (χ1) is 9.75. The van der Waals surface area contributed by atoms with Gasteiger partial charge >= 0.3 is 0 Å². The summed E-state index contributed by atoms with van der Waals surface area (Å²) in [5.74, 6) is 1.03. The summed E-state index contributed by atoms with van der Waals surface area (Å²) in [6.45, 7) is 0. The molecule has 1 heterocycles. The predicted molar refractivity (Wildman–Crippen MR) is 79.2 cm³/mol. The van der Waals surface area contributed by atoms with Crippen molar-refractivity contribution in [2.24, 2.45) is 5.92 Å². The third-order valence-electron chi connectivity index (χ3n) is 4.32. The number of benzene rings is 1. The third kappa shape index (κ3) is 2.85. The van der Waals surface area contributed by atoms with Gasteiger partial charge < -0.3 is 5.32 Å². The number of hydrogen-bond acceptors (Lipinski definition) is 2. The van der Waals surface area contributed by atoms with Crippen LogP contribution in [0.2, 0.25) is 0 Å². The third-order valence-corrected chi connectivity index (χ3v) is 5.48. The number of halogens is 1. The molecule has 1 atom stereocenters. The second-order valence-electron chi connectivity index (χ2n) is 5.69. The van der Waals surface area contributed by atoms with Gasteiger partial charge in [-0.1, -0.05) is 31.4 Å². The molecule has 1 aliphatic heterocycles. The molecule has 2 nitrogen and oxygen atoms in total. The van der Waals surface area contributed by atoms with Crippen molar-refractivity contribution in [2.75, 3.05) is 5.75 Å². The van der Waals surface area contributed by atoms with Gasteiger partial charge in [0.1, 0.15) is 5.82 Å². The Bertz CT molecular complexity index is 499. The lowest BCUT2D eigenvalue weighted by molar-refractivity contribution is -0.126. The molecule has 20 heavy (non-hydrogen) atoms. The quantitative estimate of drug-likeness (QED) is 0.891. The fraction of sp³-hybridized carbons (Fsp3) is 0.562. The molecule has 1 unspecified atom stereocenters. The topological polar surface area (TPSA) is 29.1 Å². The molecule has 0 spiro atoms. The minimum absolute atomic E-state index is 0.0172. The zero-order valence-corrected chi connectivity index (χ0v) is 12.3. The van der Waals surface area contributed by atoms with Crippen molar-refractivity contribution in [3.63, 3.8) is 0 Å². The van der Waals surface area contributed by atoms with Crippen LogP contribution in [0, 0.1) is 11.7 Å². The Labute approximate surface area is 123 Å². The van der Waals surface area contributed by atoms with Crippen molar-refractivity contribution in [3.05, 3.63) is 29.6 Å². The molecular weight excluding hydrogens is 273 g/mol. The maximum atomic E-state index is 13.8. The lowest BCUT2D eigenvalue weighted by Crippen LogP contribution is -2.36. The van der Waals surface area contributed by atoms with E-state index in [2.05, 4.69) is 5.32 Å². The van der Waals surface area contributed by atoms with E-state index in [-0.39, 0.29) is 23.7 Å². The Morgan fingerprint density at radius 2 is 2.00 bits per heavy atom. The minimum Gasteiger partial charge on any atom is -0.349 e. The first kappa shape index (κ1) is 13.9. The lowest BCUT2D eigenvalue weighted by atomic mass is 9.88. The number of carbonyl (C=O) groups is 1. The fourth-order valence-corrected chi connectivity index (χ4v) is 4.33. The summed E-state index contributed by atoms with van der Waals surface area (Å²) >= 11 is 1.56. The van der Waals surface area contributed by atoms with Crippen LogP contribution in [0.15, 0.2) is 23.1 Å². The summed E-state index contributed by atoms with van der Waals surface area (Å²) < 4.78 is 13.8. The molecule has 108 valence electrons. The van der Waals surface area contributed by atoms with E-state index < -0.39 is 0 Å². The van der Waals surface area contributed by atoms with Crippen LogP contribution in [-0.2, 0) is 4.79 Å². The van der Waals surface area contributed by atoms with Crippen LogP contribution in [0.4, 0.5) is 4.39 Å². The average molecular weight is 293 g/mol. The van der Waals surface area contributed by atoms with Crippen LogP contribution in [0.25, 0.3) is 0 Å². The molecule has 0 bridgehead atoms. The van der Waals surface area contributed by atoms with Gasteiger partial charge in [-0.15, -0.1) is 11.8 Å². The summed E-state index contributed by atoms with van der Waals surface area (Å²) in [5, 5.41) is 3.15. The maximum Gasteiger partial charge on any atom is 0.223 e. The fourth-order valence-electron chi connectivity index (χ4n) is 3.19. The van der Waals surface area contributed by atoms with Crippen LogP contribution in [0.1, 0.15) is 50.1 Å². The summed E-state index contributed by atoms with van der Waals surface area (Å²) in [4.78, 5) is 13.1. The number of amides is 1. The molecule has 1 aromatic carbocycles. The zero-order valence-electron chi connectivity index (χ0n) is 11.5. The molecule has 1 amide bonds. The molecular formula is C16H20FNOS. The number of carbonyl (C=O) groups excluding carboxylic acids is 1. The smallest absolute Gasteiger partial charge is 0.223 e. The van der Waals surface area contributed by atoms with E-state index in [4.69, 9.17) is 0 Å². The molecule has 3 rings (SSSR count). The molecule has 1 saturated carbocycles. The van der Waals surface area contributed by atoms with Gasteiger partial charge in [0.05, 0.1) is 6.04 Å². The van der Waals surface area contributed by atoms with Crippen LogP contribution in [-0.4, -0.2) is 11.7 Å². The number of fused-ring (bicyclic) bond motifs is 1. The van der Waals surface area contributed by atoms with Gasteiger partial charge in [-0.25, -0.2) is 4.39 Å². The van der Waals surface area contributed by atoms with Crippen molar-refractivity contribution < 1.29 is 9.18 Å². The van der Waals surface area contributed by atoms with Gasteiger partial charge in [0.2, 0.25) is 5.91 Å². The summed E-state index contributed by atoms with van der Waals surface area (Å²) in [7, 11) is 0. The van der Waals surface area contributed by atoms with Gasteiger partial charge in [0.15, 0.2) is 0 Å². The highest BCUT2D eigenvalue weighted by Gasteiger charge is 2.27. The van der Waals surface area contributed by atoms with E-state index >= 15 is 0 Å². The Balaban J connectivity index is 1.73. The second kappa shape index (κ2) is 6.17. The lowest BCUT2D eigenvalue weighted by Gasteiger charge is -2.29. The SMILES string of the molecule is O=C(NC1CCSc2c(F)cccc21)C1CCCCC1. The molecule has 0 radical (unpaired) electrons. The van der Waals surface area contributed by atoms with E-state index in [1.807, 2.05) is 6.07 Å². The zero-order chi connectivity index (χ0) is 13.9. The highest BCUT2D eigenvalue weighted by Crippen LogP contribution is 2.38. The maximum absolute atomic E-state index is 13.8. The number of hydrogen-bond donors (Lipinski definition) is 1. The van der Waals surface area contributed by atoms with Gasteiger partial charge in [0, 0.05) is 16.6 Å². The van der Waals surface area contributed by atoms with Crippen molar-refractivity contribution in [2.45, 2.75) is 49.5 Å². The Hall–Kier alpha value is -1.03. The molecule has 0 aromatic heterocycles. The minimum atomic E-state index is -0.163. The van der Waals surface area contributed by atoms with Crippen molar-refractivity contribution in [3.8, 4) is 0 Å². The van der Waals surface area contributed by atoms with Crippen LogP contribution >= 0.6 is 11.8 Å². The highest BCUT2D eigenvalue weighted by molar-refractivity contribution is 7.99. The Morgan fingerprint density at radius 3 is 2.80 bits per heavy atom. The largest absolute Gasteiger partial charge is 0.349 e. The molecule has 4 heteroatoms. The van der Waals surface area contributed by atoms with E-state index in [9.17, 15) is 9.18 Å². The van der Waals surface area contributed by atoms with E-state index in [0.717, 1.165) is 43.4 Å². The standard InChI is InChI=1S/C16H20FNOS/c17-13-8-4-7-12-14(9-10-20-15(12)13)18-16(19)11-5-2-1-3-6-11/h4,7-8,11,14H,1-3,5-6,9-10H2,(H,18,19). The van der Waals surface area contributed by atoms with Crippen LogP contribution < -0.4 is 5.32 Å². The summed E-state index contributed by atoms with van der Waals surface area (Å²) in [6, 6.07) is 5.16. The number of thioether (sulfide) groups is 1. The molecule has 1 N–H and O–H groups in total. The highest BCUT2D eigenvalue weighted by atomic mass is 32.2. The second-order valence-corrected chi connectivity index (χ2v) is 6.80. The first-order valence-corrected chi connectivity index (χ1v) is 8.46. The number of nitrogens with one attached hydrogen (secondary N) is 1. The predicted octanol–water partition coefficient (Wildman–Crippen LogP) is 4.06. The van der Waals surface area contributed by atoms with Crippen molar-refractivity contribution in [1.29, 1.82) is 0 Å². The summed E-state index contributed by atoms with van der Waals surface area (Å²) in [6.07, 6.45) is 6.46. The summed E-state index contributed by atoms with van der Waals surface area (Å²) in [5.41, 5.74) is 0.949. The first-order valence-electron chi connectivity index (χ1n) is 7.47. The van der Waals surface area contributed by atoms with Gasteiger partial charge in [-0.2, -0.15) is 0 Å². The van der Waals surface area contributed by atoms with E-state index in [1.165, 1.54) is 12.5 Å². The van der Waals surface area contributed by atoms with Crippen LogP contribution in [0.3, 0.4) is 0 Å². The average Bonchev–Trinajstić information content (AvgIpc) is 2.49. The van der Waals surface area contributed by atoms with Crippen LogP contribution in [0.5, 0.6) is 0 Å². The van der Waals surface area contributed by atoms with Crippen molar-refractivity contribution in [1.82, 2.24) is 5.32 Å². The molecule has 1 aliphatic carbocycles. The van der Waals surface area contributed by atoms with E-state index in [1.54, 1.807) is 17.8 Å². The normalized spacial score (nSPS) is 23.1. The molecule has 1 aromatic rings. The number of rotatable bonds is 2. The molecule has 0 saturated heterocycles. The van der Waals surface area contributed by atoms with Gasteiger partial charge in [0.25, 0.3) is 0 Å². The van der Waals surface area contributed by atoms with Gasteiger partial charge in [-0.05, 0) is 30.9 Å². The molecule has 2 aliphatic rings. The molecule has 1 fully saturated rings. The van der Waals surface area contributed by atoms with Crippen molar-refractivity contribution >= 4 is 17.7 Å². The van der Waals surface area contributed by atoms with Gasteiger partial charge in [-0.3, -0.25) is 4.79 Å².